The Morgan fingerprint density at radius 3 is 2.82 bits per heavy atom. The zero-order valence-electron chi connectivity index (χ0n) is 9.14. The molecule has 90 valence electrons. The number of carboxylic acid groups (broad SMARTS) is 1. The van der Waals surface area contributed by atoms with Gasteiger partial charge in [-0.25, -0.2) is 4.79 Å². The van der Waals surface area contributed by atoms with Crippen molar-refractivity contribution < 1.29 is 14.7 Å². The molecule has 0 unspecified atom stereocenters. The summed E-state index contributed by atoms with van der Waals surface area (Å²) in [6, 6.07) is 4.53. The van der Waals surface area contributed by atoms with E-state index >= 15 is 0 Å². The number of carbonyl (C=O) groups excluding carboxylic acids is 1. The first-order valence-electron chi connectivity index (χ1n) is 5.22. The molecule has 0 spiro atoms. The summed E-state index contributed by atoms with van der Waals surface area (Å²) in [4.78, 5) is 23.8. The van der Waals surface area contributed by atoms with Gasteiger partial charge in [-0.2, -0.15) is 0 Å². The van der Waals surface area contributed by atoms with Crippen LogP contribution in [-0.4, -0.2) is 36.6 Å². The number of benzene rings is 1. The normalized spacial score (nSPS) is 15.5. The number of nitrogen functional groups attached to an aromatic ring is 1. The number of amides is 1. The molecule has 1 heterocycles. The number of piperazine rings is 1. The van der Waals surface area contributed by atoms with Gasteiger partial charge >= 0.3 is 5.97 Å². The van der Waals surface area contributed by atoms with Crippen LogP contribution in [0.1, 0.15) is 10.4 Å². The maximum Gasteiger partial charge on any atom is 0.335 e. The van der Waals surface area contributed by atoms with Gasteiger partial charge in [-0.3, -0.25) is 4.79 Å². The fourth-order valence-electron chi connectivity index (χ4n) is 1.82. The van der Waals surface area contributed by atoms with Crippen LogP contribution in [0.4, 0.5) is 11.4 Å². The van der Waals surface area contributed by atoms with Crippen LogP contribution in [0.2, 0.25) is 0 Å². The lowest BCUT2D eigenvalue weighted by molar-refractivity contribution is -0.120. The Bertz CT molecular complexity index is 473. The number of carboxylic acids is 1. The van der Waals surface area contributed by atoms with Crippen molar-refractivity contribution in [3.8, 4) is 0 Å². The number of nitrogens with one attached hydrogen (secondary N) is 1. The fourth-order valence-corrected chi connectivity index (χ4v) is 1.82. The predicted molar refractivity (Wildman–Crippen MR) is 63.0 cm³/mol. The molecule has 0 bridgehead atoms. The van der Waals surface area contributed by atoms with E-state index in [0.717, 1.165) is 0 Å². The molecule has 6 heteroatoms. The molecule has 1 aliphatic heterocycles. The van der Waals surface area contributed by atoms with Crippen LogP contribution in [0.15, 0.2) is 18.2 Å². The highest BCUT2D eigenvalue weighted by molar-refractivity contribution is 5.91. The van der Waals surface area contributed by atoms with Crippen molar-refractivity contribution in [3.05, 3.63) is 23.8 Å². The van der Waals surface area contributed by atoms with Gasteiger partial charge in [0.25, 0.3) is 0 Å². The van der Waals surface area contributed by atoms with Crippen LogP contribution < -0.4 is 16.0 Å². The minimum Gasteiger partial charge on any atom is -0.478 e. The second-order valence-corrected chi connectivity index (χ2v) is 3.85. The van der Waals surface area contributed by atoms with E-state index in [1.165, 1.54) is 12.1 Å². The summed E-state index contributed by atoms with van der Waals surface area (Å²) in [7, 11) is 0. The van der Waals surface area contributed by atoms with E-state index in [-0.39, 0.29) is 18.0 Å². The summed E-state index contributed by atoms with van der Waals surface area (Å²) < 4.78 is 0. The standard InChI is InChI=1S/C11H13N3O3/c12-8-5-7(11(16)17)1-2-9(8)14-4-3-13-10(15)6-14/h1-2,5H,3-4,6,12H2,(H,13,15)(H,16,17). The molecule has 1 amide bonds. The van der Waals surface area contributed by atoms with Crippen LogP contribution in [0.3, 0.4) is 0 Å². The zero-order chi connectivity index (χ0) is 12.4. The summed E-state index contributed by atoms with van der Waals surface area (Å²) in [5.41, 5.74) is 7.02. The Labute approximate surface area is 98.0 Å². The van der Waals surface area contributed by atoms with Crippen molar-refractivity contribution in [1.82, 2.24) is 5.32 Å². The Morgan fingerprint density at radius 1 is 1.47 bits per heavy atom. The minimum absolute atomic E-state index is 0.0574. The van der Waals surface area contributed by atoms with Crippen LogP contribution in [-0.2, 0) is 4.79 Å². The van der Waals surface area contributed by atoms with Gasteiger partial charge in [0, 0.05) is 13.1 Å². The molecule has 1 fully saturated rings. The first-order chi connectivity index (χ1) is 8.08. The Kier molecular flexibility index (Phi) is 2.86. The van der Waals surface area contributed by atoms with Crippen LogP contribution >= 0.6 is 0 Å². The molecule has 0 aliphatic carbocycles. The molecule has 1 aromatic carbocycles. The molecule has 17 heavy (non-hydrogen) atoms. The average molecular weight is 235 g/mol. The van der Waals surface area contributed by atoms with Gasteiger partial charge in [-0.05, 0) is 18.2 Å². The van der Waals surface area contributed by atoms with Gasteiger partial charge < -0.3 is 21.1 Å². The lowest BCUT2D eigenvalue weighted by Crippen LogP contribution is -2.47. The molecule has 0 aromatic heterocycles. The van der Waals surface area contributed by atoms with E-state index in [9.17, 15) is 9.59 Å². The minimum atomic E-state index is -1.01. The number of aromatic carboxylic acids is 1. The summed E-state index contributed by atoms with van der Waals surface area (Å²) >= 11 is 0. The van der Waals surface area contributed by atoms with Crippen LogP contribution in [0.5, 0.6) is 0 Å². The van der Waals surface area contributed by atoms with E-state index in [1.807, 2.05) is 4.90 Å². The van der Waals surface area contributed by atoms with Gasteiger partial charge in [0.05, 0.1) is 23.5 Å². The van der Waals surface area contributed by atoms with Crippen molar-refractivity contribution in [2.45, 2.75) is 0 Å². The SMILES string of the molecule is Nc1cc(C(=O)O)ccc1N1CCNC(=O)C1. The fraction of sp³-hybridized carbons (Fsp3) is 0.273. The van der Waals surface area contributed by atoms with Crippen molar-refractivity contribution in [2.75, 3.05) is 30.3 Å². The van der Waals surface area contributed by atoms with Gasteiger partial charge in [-0.15, -0.1) is 0 Å². The number of rotatable bonds is 2. The molecule has 1 aliphatic rings. The molecule has 4 N–H and O–H groups in total. The predicted octanol–water partition coefficient (Wildman–Crippen LogP) is -0.0968. The number of anilines is 2. The first kappa shape index (κ1) is 11.3. The van der Waals surface area contributed by atoms with Gasteiger partial charge in [-0.1, -0.05) is 0 Å². The Morgan fingerprint density at radius 2 is 2.24 bits per heavy atom. The van der Waals surface area contributed by atoms with Crippen molar-refractivity contribution in [3.63, 3.8) is 0 Å². The smallest absolute Gasteiger partial charge is 0.335 e. The van der Waals surface area contributed by atoms with E-state index in [4.69, 9.17) is 10.8 Å². The summed E-state index contributed by atoms with van der Waals surface area (Å²) in [5.74, 6) is -1.07. The average Bonchev–Trinajstić information content (AvgIpc) is 2.28. The highest BCUT2D eigenvalue weighted by Gasteiger charge is 2.18. The molecular weight excluding hydrogens is 222 g/mol. The van der Waals surface area contributed by atoms with Crippen molar-refractivity contribution >= 4 is 23.3 Å². The van der Waals surface area contributed by atoms with Crippen LogP contribution in [0.25, 0.3) is 0 Å². The Balaban J connectivity index is 2.26. The molecule has 0 radical (unpaired) electrons. The maximum atomic E-state index is 11.2. The second kappa shape index (κ2) is 4.32. The van der Waals surface area contributed by atoms with Gasteiger partial charge in [0.2, 0.25) is 5.91 Å². The van der Waals surface area contributed by atoms with E-state index < -0.39 is 5.97 Å². The van der Waals surface area contributed by atoms with E-state index in [1.54, 1.807) is 6.07 Å². The number of hydrogen-bond donors (Lipinski definition) is 3. The van der Waals surface area contributed by atoms with Gasteiger partial charge in [0.1, 0.15) is 0 Å². The summed E-state index contributed by atoms with van der Waals surface area (Å²) in [6.45, 7) is 1.48. The molecule has 0 saturated carbocycles. The summed E-state index contributed by atoms with van der Waals surface area (Å²) in [5, 5.41) is 11.5. The summed E-state index contributed by atoms with van der Waals surface area (Å²) in [6.07, 6.45) is 0. The molecule has 6 nitrogen and oxygen atoms in total. The second-order valence-electron chi connectivity index (χ2n) is 3.85. The molecule has 0 atom stereocenters. The third-order valence-corrected chi connectivity index (χ3v) is 2.65. The topological polar surface area (TPSA) is 95.7 Å². The third-order valence-electron chi connectivity index (χ3n) is 2.65. The number of carbonyl (C=O) groups is 2. The molecule has 1 aromatic rings. The molecular formula is C11H13N3O3. The highest BCUT2D eigenvalue weighted by Crippen LogP contribution is 2.24. The lowest BCUT2D eigenvalue weighted by atomic mass is 10.1. The van der Waals surface area contributed by atoms with E-state index in [2.05, 4.69) is 5.32 Å². The monoisotopic (exact) mass is 235 g/mol. The van der Waals surface area contributed by atoms with Crippen molar-refractivity contribution in [2.24, 2.45) is 0 Å². The maximum absolute atomic E-state index is 11.2. The zero-order valence-corrected chi connectivity index (χ0v) is 9.14. The molecule has 1 saturated heterocycles. The Hall–Kier alpha value is -2.24. The van der Waals surface area contributed by atoms with E-state index in [0.29, 0.717) is 24.5 Å². The van der Waals surface area contributed by atoms with Crippen LogP contribution in [0, 0.1) is 0 Å². The lowest BCUT2D eigenvalue weighted by Gasteiger charge is -2.29. The largest absolute Gasteiger partial charge is 0.478 e. The highest BCUT2D eigenvalue weighted by atomic mass is 16.4. The molecule has 2 rings (SSSR count). The number of hydrogen-bond acceptors (Lipinski definition) is 4. The number of nitrogens with two attached hydrogens (primary N) is 1. The van der Waals surface area contributed by atoms with Gasteiger partial charge in [0.15, 0.2) is 0 Å². The quantitative estimate of drug-likeness (QED) is 0.622. The third kappa shape index (κ3) is 2.30. The van der Waals surface area contributed by atoms with Crippen molar-refractivity contribution in [1.29, 1.82) is 0 Å². The number of nitrogens with zero attached hydrogens (tertiary/aromatic N) is 1. The first-order valence-corrected chi connectivity index (χ1v) is 5.22.